The van der Waals surface area contributed by atoms with Gasteiger partial charge in [0, 0.05) is 19.2 Å². The van der Waals surface area contributed by atoms with Crippen molar-refractivity contribution in [2.24, 2.45) is 5.92 Å². The van der Waals surface area contributed by atoms with Gasteiger partial charge < -0.3 is 15.0 Å². The van der Waals surface area contributed by atoms with Gasteiger partial charge in [-0.05, 0) is 36.8 Å². The van der Waals surface area contributed by atoms with Crippen LogP contribution in [-0.2, 0) is 4.74 Å². The van der Waals surface area contributed by atoms with Gasteiger partial charge in [-0.1, -0.05) is 11.6 Å². The Kier molecular flexibility index (Phi) is 4.35. The number of alkyl carbamates (subject to hydrolysis) is 1. The average Bonchev–Trinajstić information content (AvgIpc) is 3.14. The minimum Gasteiger partial charge on any atom is -0.449 e. The van der Waals surface area contributed by atoms with Crippen molar-refractivity contribution in [3.63, 3.8) is 0 Å². The number of amides is 1. The van der Waals surface area contributed by atoms with Crippen molar-refractivity contribution in [3.05, 3.63) is 16.5 Å². The maximum Gasteiger partial charge on any atom is 0.407 e. The molecule has 114 valence electrons. The van der Waals surface area contributed by atoms with Crippen LogP contribution >= 0.6 is 23.2 Å². The van der Waals surface area contributed by atoms with Crippen LogP contribution in [0, 0.1) is 5.92 Å². The number of carbonyl (C=O) groups is 1. The Morgan fingerprint density at radius 3 is 2.90 bits per heavy atom. The van der Waals surface area contributed by atoms with Crippen LogP contribution in [0.5, 0.6) is 0 Å². The van der Waals surface area contributed by atoms with Gasteiger partial charge in [0.25, 0.3) is 0 Å². The summed E-state index contributed by atoms with van der Waals surface area (Å²) in [5.41, 5.74) is 0. The fraction of sp³-hybridized carbons (Fsp3) is 0.615. The predicted octanol–water partition coefficient (Wildman–Crippen LogP) is 2.50. The summed E-state index contributed by atoms with van der Waals surface area (Å²) in [5.74, 6) is 1.25. The third-order valence-corrected chi connectivity index (χ3v) is 4.00. The lowest BCUT2D eigenvalue weighted by Crippen LogP contribution is -2.37. The average molecular weight is 331 g/mol. The Bertz CT molecular complexity index is 519. The van der Waals surface area contributed by atoms with Crippen LogP contribution in [0.2, 0.25) is 10.4 Å². The Balaban J connectivity index is 1.51. The second-order valence-electron chi connectivity index (χ2n) is 5.44. The third kappa shape index (κ3) is 4.11. The van der Waals surface area contributed by atoms with Crippen molar-refractivity contribution in [1.29, 1.82) is 0 Å². The first-order valence-electron chi connectivity index (χ1n) is 6.98. The molecule has 0 aromatic carbocycles. The number of hydrogen-bond acceptors (Lipinski definition) is 5. The summed E-state index contributed by atoms with van der Waals surface area (Å²) < 4.78 is 5.17. The molecule has 3 rings (SSSR count). The molecule has 1 aromatic rings. The second-order valence-corrected chi connectivity index (χ2v) is 6.16. The molecule has 6 nitrogen and oxygen atoms in total. The highest BCUT2D eigenvalue weighted by Crippen LogP contribution is 2.28. The molecule has 1 atom stereocenters. The molecule has 1 aromatic heterocycles. The SMILES string of the molecule is O=C(NC1CCN(c2cc(Cl)nc(Cl)n2)C1)OCC1CC1. The number of ether oxygens (including phenoxy) is 1. The Morgan fingerprint density at radius 1 is 1.38 bits per heavy atom. The van der Waals surface area contributed by atoms with Crippen LogP contribution in [0.3, 0.4) is 0 Å². The summed E-state index contributed by atoms with van der Waals surface area (Å²) in [4.78, 5) is 21.7. The first kappa shape index (κ1) is 14.7. The fourth-order valence-corrected chi connectivity index (χ4v) is 2.71. The highest BCUT2D eigenvalue weighted by Gasteiger charge is 2.27. The summed E-state index contributed by atoms with van der Waals surface area (Å²) in [5, 5.41) is 3.31. The lowest BCUT2D eigenvalue weighted by Gasteiger charge is -2.18. The minimum absolute atomic E-state index is 0.0456. The van der Waals surface area contributed by atoms with Crippen molar-refractivity contribution in [3.8, 4) is 0 Å². The van der Waals surface area contributed by atoms with Crippen molar-refractivity contribution in [1.82, 2.24) is 15.3 Å². The number of rotatable bonds is 4. The maximum absolute atomic E-state index is 11.7. The Labute approximate surface area is 132 Å². The lowest BCUT2D eigenvalue weighted by atomic mass is 10.3. The number of anilines is 1. The number of carbonyl (C=O) groups excluding carboxylic acids is 1. The standard InChI is InChI=1S/C13H16Cl2N4O2/c14-10-5-11(18-12(15)17-10)19-4-3-9(6-19)16-13(20)21-7-8-1-2-8/h5,8-9H,1-4,6-7H2,(H,16,20). The first-order valence-corrected chi connectivity index (χ1v) is 7.74. The molecule has 0 bridgehead atoms. The van der Waals surface area contributed by atoms with Gasteiger partial charge in [-0.2, -0.15) is 0 Å². The largest absolute Gasteiger partial charge is 0.449 e. The molecule has 1 aliphatic heterocycles. The van der Waals surface area contributed by atoms with E-state index in [1.807, 2.05) is 4.90 Å². The van der Waals surface area contributed by atoms with E-state index in [0.717, 1.165) is 13.0 Å². The lowest BCUT2D eigenvalue weighted by molar-refractivity contribution is 0.138. The molecule has 0 spiro atoms. The normalized spacial score (nSPS) is 21.4. The molecule has 0 radical (unpaired) electrons. The topological polar surface area (TPSA) is 67.4 Å². The predicted molar refractivity (Wildman–Crippen MR) is 79.9 cm³/mol. The van der Waals surface area contributed by atoms with Crippen molar-refractivity contribution in [2.45, 2.75) is 25.3 Å². The molecule has 2 aliphatic rings. The van der Waals surface area contributed by atoms with Gasteiger partial charge in [-0.25, -0.2) is 14.8 Å². The van der Waals surface area contributed by atoms with Crippen LogP contribution in [0.4, 0.5) is 10.6 Å². The number of aromatic nitrogens is 2. The van der Waals surface area contributed by atoms with Crippen LogP contribution in [-0.4, -0.2) is 41.8 Å². The zero-order valence-electron chi connectivity index (χ0n) is 11.4. The molecule has 1 amide bonds. The van der Waals surface area contributed by atoms with E-state index in [2.05, 4.69) is 15.3 Å². The molecular weight excluding hydrogens is 315 g/mol. The number of hydrogen-bond donors (Lipinski definition) is 1. The van der Waals surface area contributed by atoms with Gasteiger partial charge in [0.2, 0.25) is 5.28 Å². The van der Waals surface area contributed by atoms with E-state index in [4.69, 9.17) is 27.9 Å². The van der Waals surface area contributed by atoms with Crippen molar-refractivity contribution in [2.75, 3.05) is 24.6 Å². The van der Waals surface area contributed by atoms with E-state index in [0.29, 0.717) is 30.0 Å². The Hall–Kier alpha value is -1.27. The van der Waals surface area contributed by atoms with Crippen molar-refractivity contribution < 1.29 is 9.53 Å². The van der Waals surface area contributed by atoms with Gasteiger partial charge in [0.05, 0.1) is 12.6 Å². The third-order valence-electron chi connectivity index (χ3n) is 3.64. The molecule has 1 saturated heterocycles. The van der Waals surface area contributed by atoms with E-state index in [1.54, 1.807) is 6.07 Å². The van der Waals surface area contributed by atoms with Gasteiger partial charge in [0.15, 0.2) is 0 Å². The summed E-state index contributed by atoms with van der Waals surface area (Å²) in [7, 11) is 0. The molecule has 1 N–H and O–H groups in total. The summed E-state index contributed by atoms with van der Waals surface area (Å²) in [6.07, 6.45) is 2.82. The van der Waals surface area contributed by atoms with Gasteiger partial charge in [-0.15, -0.1) is 0 Å². The summed E-state index contributed by atoms with van der Waals surface area (Å²) in [6.45, 7) is 1.96. The van der Waals surface area contributed by atoms with Gasteiger partial charge in [0.1, 0.15) is 11.0 Å². The molecule has 1 aliphatic carbocycles. The number of nitrogens with one attached hydrogen (secondary N) is 1. The number of nitrogens with zero attached hydrogens (tertiary/aromatic N) is 3. The molecule has 1 unspecified atom stereocenters. The highest BCUT2D eigenvalue weighted by atomic mass is 35.5. The molecular formula is C13H16Cl2N4O2. The molecule has 8 heteroatoms. The van der Waals surface area contributed by atoms with Crippen LogP contribution in [0.15, 0.2) is 6.07 Å². The second kappa shape index (κ2) is 6.23. The van der Waals surface area contributed by atoms with E-state index < -0.39 is 0 Å². The van der Waals surface area contributed by atoms with E-state index >= 15 is 0 Å². The quantitative estimate of drug-likeness (QED) is 0.678. The Morgan fingerprint density at radius 2 is 2.19 bits per heavy atom. The monoisotopic (exact) mass is 330 g/mol. The van der Waals surface area contributed by atoms with Gasteiger partial charge >= 0.3 is 6.09 Å². The first-order chi connectivity index (χ1) is 10.1. The maximum atomic E-state index is 11.7. The highest BCUT2D eigenvalue weighted by molar-refractivity contribution is 6.32. The summed E-state index contributed by atoms with van der Waals surface area (Å²) >= 11 is 11.7. The van der Waals surface area contributed by atoms with Crippen LogP contribution in [0.25, 0.3) is 0 Å². The van der Waals surface area contributed by atoms with Crippen LogP contribution in [0.1, 0.15) is 19.3 Å². The van der Waals surface area contributed by atoms with E-state index in [1.165, 1.54) is 12.8 Å². The molecule has 2 heterocycles. The summed E-state index contributed by atoms with van der Waals surface area (Å²) in [6, 6.07) is 1.71. The molecule has 2 fully saturated rings. The molecule has 21 heavy (non-hydrogen) atoms. The van der Waals surface area contributed by atoms with E-state index in [9.17, 15) is 4.79 Å². The van der Waals surface area contributed by atoms with Gasteiger partial charge in [-0.3, -0.25) is 0 Å². The van der Waals surface area contributed by atoms with E-state index in [-0.39, 0.29) is 17.4 Å². The smallest absolute Gasteiger partial charge is 0.407 e. The molecule has 1 saturated carbocycles. The number of halogens is 2. The van der Waals surface area contributed by atoms with Crippen molar-refractivity contribution >= 4 is 35.1 Å². The zero-order valence-corrected chi connectivity index (χ0v) is 12.9. The minimum atomic E-state index is -0.340. The fourth-order valence-electron chi connectivity index (χ4n) is 2.31. The van der Waals surface area contributed by atoms with Crippen LogP contribution < -0.4 is 10.2 Å². The zero-order chi connectivity index (χ0) is 14.8.